The van der Waals surface area contributed by atoms with Crippen LogP contribution in [0.25, 0.3) is 6.08 Å². The molecule has 0 unspecified atom stereocenters. The van der Waals surface area contributed by atoms with Gasteiger partial charge in [-0.25, -0.2) is 0 Å². The first-order valence-electron chi connectivity index (χ1n) is 10.5. The summed E-state index contributed by atoms with van der Waals surface area (Å²) in [6.45, 7) is 5.29. The smallest absolute Gasteiger partial charge is 0.189 e. The van der Waals surface area contributed by atoms with E-state index < -0.39 is 0 Å². The van der Waals surface area contributed by atoms with Gasteiger partial charge in [0.15, 0.2) is 5.78 Å². The maximum Gasteiger partial charge on any atom is 0.189 e. The number of hydrogen-bond donors (Lipinski definition) is 0. The summed E-state index contributed by atoms with van der Waals surface area (Å²) in [7, 11) is 1.63. The van der Waals surface area contributed by atoms with Gasteiger partial charge >= 0.3 is 0 Å². The van der Waals surface area contributed by atoms with Crippen LogP contribution in [0.3, 0.4) is 0 Å². The first kappa shape index (κ1) is 24.5. The number of halogens is 1. The van der Waals surface area contributed by atoms with E-state index in [0.717, 1.165) is 60.6 Å². The quantitative estimate of drug-likeness (QED) is 0.417. The van der Waals surface area contributed by atoms with E-state index in [2.05, 4.69) is 4.90 Å². The Morgan fingerprint density at radius 2 is 1.94 bits per heavy atom. The lowest BCUT2D eigenvalue weighted by Gasteiger charge is -2.26. The number of methoxy groups -OCH3 is 1. The molecule has 0 N–H and O–H groups in total. The fourth-order valence-electron chi connectivity index (χ4n) is 3.47. The molecule has 0 atom stereocenters. The van der Waals surface area contributed by atoms with Crippen molar-refractivity contribution in [1.29, 1.82) is 0 Å². The number of morpholine rings is 1. The second-order valence-corrected chi connectivity index (χ2v) is 8.40. The Morgan fingerprint density at radius 1 is 1.16 bits per heavy atom. The topological polar surface area (TPSA) is 57.2 Å². The molecule has 2 aliphatic rings. The summed E-state index contributed by atoms with van der Waals surface area (Å²) in [6.07, 6.45) is 3.40. The zero-order valence-electron chi connectivity index (χ0n) is 18.1. The molecule has 1 fully saturated rings. The van der Waals surface area contributed by atoms with Crippen LogP contribution in [0.1, 0.15) is 15.9 Å². The third-order valence-corrected chi connectivity index (χ3v) is 6.22. The number of hydrogen-bond acceptors (Lipinski definition) is 7. The van der Waals surface area contributed by atoms with Crippen molar-refractivity contribution < 1.29 is 23.7 Å². The van der Waals surface area contributed by atoms with Crippen LogP contribution in [0, 0.1) is 0 Å². The van der Waals surface area contributed by atoms with Crippen molar-refractivity contribution in [2.45, 2.75) is 4.90 Å². The number of thioether (sulfide) groups is 1. The Balaban J connectivity index is 0.00000289. The van der Waals surface area contributed by atoms with Crippen LogP contribution in [0.5, 0.6) is 17.2 Å². The fraction of sp³-hybridized carbons (Fsp3) is 0.375. The molecule has 8 heteroatoms. The Bertz CT molecular complexity index is 929. The number of carbonyl (C=O) groups excluding carboxylic acids is 1. The summed E-state index contributed by atoms with van der Waals surface area (Å²) in [4.78, 5) is 16.3. The molecule has 0 bridgehead atoms. The van der Waals surface area contributed by atoms with E-state index in [4.69, 9.17) is 18.9 Å². The molecule has 6 nitrogen and oxygen atoms in total. The second-order valence-electron chi connectivity index (χ2n) is 7.27. The molecule has 2 heterocycles. The van der Waals surface area contributed by atoms with E-state index in [9.17, 15) is 4.79 Å². The van der Waals surface area contributed by atoms with E-state index >= 15 is 0 Å². The van der Waals surface area contributed by atoms with Gasteiger partial charge in [0.05, 0.1) is 37.4 Å². The number of nitrogens with zero attached hydrogens (tertiary/aromatic N) is 1. The van der Waals surface area contributed by atoms with Gasteiger partial charge in [-0.2, -0.15) is 0 Å². The molecule has 2 aromatic carbocycles. The summed E-state index contributed by atoms with van der Waals surface area (Å²) in [5, 5.41) is 0. The zero-order valence-corrected chi connectivity index (χ0v) is 19.7. The van der Waals surface area contributed by atoms with Crippen molar-refractivity contribution in [2.24, 2.45) is 0 Å². The van der Waals surface area contributed by atoms with Crippen LogP contribution in [0.15, 0.2) is 47.4 Å². The minimum absolute atomic E-state index is 0. The number of benzene rings is 2. The molecule has 0 aliphatic carbocycles. The standard InChI is InChI=1S/C24H27NO5S.ClH/c1-27-19-5-2-18(3-6-19)4-7-21(26)20-16-24-23(30-14-15-31-24)17-22(20)29-13-10-25-8-11-28-12-9-25;/h2-7,16-17H,8-15H2,1H3;1H. The van der Waals surface area contributed by atoms with Crippen molar-refractivity contribution >= 4 is 36.0 Å². The highest BCUT2D eigenvalue weighted by Gasteiger charge is 2.20. The first-order valence-corrected chi connectivity index (χ1v) is 11.4. The lowest BCUT2D eigenvalue weighted by molar-refractivity contribution is 0.0322. The van der Waals surface area contributed by atoms with Gasteiger partial charge < -0.3 is 18.9 Å². The fourth-order valence-corrected chi connectivity index (χ4v) is 4.32. The molecule has 32 heavy (non-hydrogen) atoms. The maximum atomic E-state index is 13.0. The molecular weight excluding hydrogens is 450 g/mol. The minimum atomic E-state index is -0.0915. The van der Waals surface area contributed by atoms with Gasteiger partial charge in [0.2, 0.25) is 0 Å². The van der Waals surface area contributed by atoms with Crippen LogP contribution in [-0.4, -0.2) is 69.6 Å². The van der Waals surface area contributed by atoms with Crippen LogP contribution in [-0.2, 0) is 4.74 Å². The monoisotopic (exact) mass is 477 g/mol. The number of ether oxygens (including phenoxy) is 4. The van der Waals surface area contributed by atoms with E-state index in [1.54, 1.807) is 24.9 Å². The molecule has 0 amide bonds. The van der Waals surface area contributed by atoms with Crippen molar-refractivity contribution in [3.63, 3.8) is 0 Å². The Labute approximate surface area is 199 Å². The van der Waals surface area contributed by atoms with Crippen LogP contribution < -0.4 is 14.2 Å². The summed E-state index contributed by atoms with van der Waals surface area (Å²) >= 11 is 1.70. The first-order chi connectivity index (χ1) is 15.2. The van der Waals surface area contributed by atoms with E-state index in [1.807, 2.05) is 42.5 Å². The Hall–Kier alpha value is -2.19. The van der Waals surface area contributed by atoms with Crippen molar-refractivity contribution in [3.05, 3.63) is 53.6 Å². The zero-order chi connectivity index (χ0) is 21.5. The highest BCUT2D eigenvalue weighted by Crippen LogP contribution is 2.38. The van der Waals surface area contributed by atoms with Gasteiger partial charge in [-0.3, -0.25) is 9.69 Å². The normalized spacial score (nSPS) is 16.0. The van der Waals surface area contributed by atoms with Gasteiger partial charge in [-0.1, -0.05) is 18.2 Å². The van der Waals surface area contributed by atoms with E-state index in [-0.39, 0.29) is 18.2 Å². The van der Waals surface area contributed by atoms with E-state index in [0.29, 0.717) is 24.5 Å². The largest absolute Gasteiger partial charge is 0.497 e. The highest BCUT2D eigenvalue weighted by atomic mass is 35.5. The number of fused-ring (bicyclic) bond motifs is 1. The SMILES string of the molecule is COc1ccc(C=CC(=O)c2cc3c(cc2OCCN2CCOCC2)OCCS3)cc1.Cl. The highest BCUT2D eigenvalue weighted by molar-refractivity contribution is 7.99. The third kappa shape index (κ3) is 6.42. The summed E-state index contributed by atoms with van der Waals surface area (Å²) in [5.74, 6) is 2.92. The molecule has 2 aliphatic heterocycles. The average Bonchev–Trinajstić information content (AvgIpc) is 2.83. The van der Waals surface area contributed by atoms with Crippen molar-refractivity contribution in [1.82, 2.24) is 4.90 Å². The maximum absolute atomic E-state index is 13.0. The molecule has 0 aromatic heterocycles. The number of ketones is 1. The van der Waals surface area contributed by atoms with Crippen LogP contribution in [0.4, 0.5) is 0 Å². The Morgan fingerprint density at radius 3 is 2.69 bits per heavy atom. The number of rotatable bonds is 8. The Kier molecular flexibility index (Phi) is 9.29. The van der Waals surface area contributed by atoms with Gasteiger partial charge in [0.25, 0.3) is 0 Å². The number of allylic oxidation sites excluding steroid dienone is 1. The molecule has 172 valence electrons. The predicted molar refractivity (Wildman–Crippen MR) is 129 cm³/mol. The van der Waals surface area contributed by atoms with Gasteiger partial charge in [0.1, 0.15) is 23.9 Å². The molecular formula is C24H28ClNO5S. The molecule has 1 saturated heterocycles. The predicted octanol–water partition coefficient (Wildman–Crippen LogP) is 4.21. The summed E-state index contributed by atoms with van der Waals surface area (Å²) < 4.78 is 22.4. The minimum Gasteiger partial charge on any atom is -0.497 e. The van der Waals surface area contributed by atoms with E-state index in [1.165, 1.54) is 0 Å². The van der Waals surface area contributed by atoms with Gasteiger partial charge in [0, 0.05) is 31.5 Å². The van der Waals surface area contributed by atoms with Crippen molar-refractivity contribution in [3.8, 4) is 17.2 Å². The van der Waals surface area contributed by atoms with Crippen LogP contribution in [0.2, 0.25) is 0 Å². The molecule has 0 radical (unpaired) electrons. The van der Waals surface area contributed by atoms with Crippen molar-refractivity contribution in [2.75, 3.05) is 58.9 Å². The average molecular weight is 478 g/mol. The lowest BCUT2D eigenvalue weighted by Crippen LogP contribution is -2.38. The van der Waals surface area contributed by atoms with Gasteiger partial charge in [-0.05, 0) is 29.8 Å². The van der Waals surface area contributed by atoms with Gasteiger partial charge in [-0.15, -0.1) is 24.2 Å². The summed E-state index contributed by atoms with van der Waals surface area (Å²) in [6, 6.07) is 11.3. The lowest BCUT2D eigenvalue weighted by atomic mass is 10.1. The molecule has 0 spiro atoms. The second kappa shape index (κ2) is 12.2. The molecule has 4 rings (SSSR count). The molecule has 2 aromatic rings. The molecule has 0 saturated carbocycles. The number of carbonyl (C=O) groups is 1. The van der Waals surface area contributed by atoms with Crippen LogP contribution >= 0.6 is 24.2 Å². The third-order valence-electron chi connectivity index (χ3n) is 5.22. The summed E-state index contributed by atoms with van der Waals surface area (Å²) in [5.41, 5.74) is 1.49.